The minimum absolute atomic E-state index is 0.0856. The monoisotopic (exact) mass is 371 g/mol. The molecule has 25 heavy (non-hydrogen) atoms. The van der Waals surface area contributed by atoms with E-state index < -0.39 is 21.1 Å². The van der Waals surface area contributed by atoms with Gasteiger partial charge >= 0.3 is 0 Å². The standard InChI is InChI=1S/C16H25N3O5S/c1-4-18(5-2)25(23,24)13-6-7-14(15(10-13)19(21)22)17-9-8-12(3)16(20)11-17/h6-7,10,12,16,20H,4-5,8-9,11H2,1-3H3. The summed E-state index contributed by atoms with van der Waals surface area (Å²) in [5.41, 5.74) is 0.0874. The zero-order valence-corrected chi connectivity index (χ0v) is 15.6. The van der Waals surface area contributed by atoms with Crippen LogP contribution in [0.1, 0.15) is 27.2 Å². The minimum Gasteiger partial charge on any atom is -0.391 e. The molecule has 0 radical (unpaired) electrons. The molecule has 0 saturated carbocycles. The summed E-state index contributed by atoms with van der Waals surface area (Å²) in [6.45, 7) is 6.86. The van der Waals surface area contributed by atoms with Crippen molar-refractivity contribution in [1.29, 1.82) is 0 Å². The summed E-state index contributed by atoms with van der Waals surface area (Å²) in [5.74, 6) is 0.137. The molecule has 1 aromatic carbocycles. The number of rotatable bonds is 6. The Morgan fingerprint density at radius 2 is 2.00 bits per heavy atom. The fourth-order valence-electron chi connectivity index (χ4n) is 3.06. The van der Waals surface area contributed by atoms with Gasteiger partial charge in [-0.3, -0.25) is 10.1 Å². The first kappa shape index (κ1) is 19.6. The van der Waals surface area contributed by atoms with Gasteiger partial charge in [0.05, 0.1) is 15.9 Å². The van der Waals surface area contributed by atoms with Gasteiger partial charge in [0, 0.05) is 32.2 Å². The van der Waals surface area contributed by atoms with Crippen molar-refractivity contribution in [3.63, 3.8) is 0 Å². The molecule has 1 heterocycles. The molecule has 1 fully saturated rings. The number of hydrogen-bond acceptors (Lipinski definition) is 6. The van der Waals surface area contributed by atoms with Crippen LogP contribution >= 0.6 is 0 Å². The Morgan fingerprint density at radius 3 is 2.52 bits per heavy atom. The van der Waals surface area contributed by atoms with E-state index in [1.165, 1.54) is 16.4 Å². The lowest BCUT2D eigenvalue weighted by atomic mass is 9.95. The largest absolute Gasteiger partial charge is 0.391 e. The predicted molar refractivity (Wildman–Crippen MR) is 95.2 cm³/mol. The predicted octanol–water partition coefficient (Wildman–Crippen LogP) is 1.83. The Morgan fingerprint density at radius 1 is 1.36 bits per heavy atom. The minimum atomic E-state index is -3.76. The first-order chi connectivity index (χ1) is 11.7. The topological polar surface area (TPSA) is 104 Å². The highest BCUT2D eigenvalue weighted by Crippen LogP contribution is 2.34. The van der Waals surface area contributed by atoms with Gasteiger partial charge in [-0.2, -0.15) is 4.31 Å². The molecule has 0 aromatic heterocycles. The maximum absolute atomic E-state index is 12.6. The van der Waals surface area contributed by atoms with Crippen molar-refractivity contribution in [2.45, 2.75) is 38.2 Å². The molecule has 8 nitrogen and oxygen atoms in total. The maximum Gasteiger partial charge on any atom is 0.293 e. The first-order valence-electron chi connectivity index (χ1n) is 8.43. The smallest absolute Gasteiger partial charge is 0.293 e. The van der Waals surface area contributed by atoms with Gasteiger partial charge in [0.15, 0.2) is 0 Å². The summed E-state index contributed by atoms with van der Waals surface area (Å²) in [4.78, 5) is 12.6. The van der Waals surface area contributed by atoms with E-state index >= 15 is 0 Å². The first-order valence-corrected chi connectivity index (χ1v) is 9.87. The molecule has 1 aliphatic rings. The Balaban J connectivity index is 2.44. The number of piperidine rings is 1. The number of nitro benzene ring substituents is 1. The molecule has 1 aromatic rings. The number of hydrogen-bond donors (Lipinski definition) is 1. The molecule has 2 unspecified atom stereocenters. The molecule has 140 valence electrons. The van der Waals surface area contributed by atoms with Gasteiger partial charge in [0.2, 0.25) is 10.0 Å². The highest BCUT2D eigenvalue weighted by molar-refractivity contribution is 7.89. The zero-order valence-electron chi connectivity index (χ0n) is 14.8. The van der Waals surface area contributed by atoms with Crippen molar-refractivity contribution in [3.05, 3.63) is 28.3 Å². The zero-order chi connectivity index (χ0) is 18.8. The van der Waals surface area contributed by atoms with Crippen LogP contribution in [0.25, 0.3) is 0 Å². The second-order valence-electron chi connectivity index (χ2n) is 6.28. The molecule has 1 N–H and O–H groups in total. The van der Waals surface area contributed by atoms with E-state index in [1.807, 2.05) is 6.92 Å². The van der Waals surface area contributed by atoms with Crippen molar-refractivity contribution in [1.82, 2.24) is 4.31 Å². The molecule has 1 saturated heterocycles. The van der Waals surface area contributed by atoms with Gasteiger partial charge in [0.1, 0.15) is 5.69 Å². The number of benzene rings is 1. The van der Waals surface area contributed by atoms with Crippen LogP contribution in [0.3, 0.4) is 0 Å². The number of anilines is 1. The number of aliphatic hydroxyl groups is 1. The Labute approximate surface area is 148 Å². The van der Waals surface area contributed by atoms with Crippen LogP contribution in [0.4, 0.5) is 11.4 Å². The lowest BCUT2D eigenvalue weighted by molar-refractivity contribution is -0.384. The Bertz CT molecular complexity index is 733. The van der Waals surface area contributed by atoms with Gasteiger partial charge in [-0.25, -0.2) is 8.42 Å². The molecule has 0 amide bonds. The van der Waals surface area contributed by atoms with E-state index in [0.29, 0.717) is 31.9 Å². The van der Waals surface area contributed by atoms with Crippen molar-refractivity contribution < 1.29 is 18.4 Å². The molecular formula is C16H25N3O5S. The molecular weight excluding hydrogens is 346 g/mol. The normalized spacial score (nSPS) is 21.6. The van der Waals surface area contributed by atoms with Crippen LogP contribution < -0.4 is 4.90 Å². The van der Waals surface area contributed by atoms with E-state index in [1.54, 1.807) is 18.7 Å². The average molecular weight is 371 g/mol. The fourth-order valence-corrected chi connectivity index (χ4v) is 4.54. The fraction of sp³-hybridized carbons (Fsp3) is 0.625. The van der Waals surface area contributed by atoms with Gasteiger partial charge in [-0.05, 0) is 24.5 Å². The van der Waals surface area contributed by atoms with Crippen LogP contribution in [0.15, 0.2) is 23.1 Å². The summed E-state index contributed by atoms with van der Waals surface area (Å²) in [7, 11) is -3.76. The van der Waals surface area contributed by atoms with E-state index in [4.69, 9.17) is 0 Å². The van der Waals surface area contributed by atoms with E-state index in [0.717, 1.165) is 12.5 Å². The number of aliphatic hydroxyl groups excluding tert-OH is 1. The van der Waals surface area contributed by atoms with Crippen molar-refractivity contribution in [2.24, 2.45) is 5.92 Å². The average Bonchev–Trinajstić information content (AvgIpc) is 2.57. The Kier molecular flexibility index (Phi) is 6.02. The molecule has 2 rings (SSSR count). The van der Waals surface area contributed by atoms with Crippen LogP contribution in [0, 0.1) is 16.0 Å². The van der Waals surface area contributed by atoms with Crippen LogP contribution in [-0.2, 0) is 10.0 Å². The molecule has 1 aliphatic heterocycles. The molecule has 9 heteroatoms. The van der Waals surface area contributed by atoms with E-state index in [2.05, 4.69) is 0 Å². The lowest BCUT2D eigenvalue weighted by Crippen LogP contribution is -2.43. The third kappa shape index (κ3) is 3.94. The third-order valence-corrected chi connectivity index (χ3v) is 6.79. The van der Waals surface area contributed by atoms with Crippen molar-refractivity contribution in [2.75, 3.05) is 31.1 Å². The van der Waals surface area contributed by atoms with Crippen molar-refractivity contribution >= 4 is 21.4 Å². The summed E-state index contributed by atoms with van der Waals surface area (Å²) >= 11 is 0. The molecule has 0 aliphatic carbocycles. The highest BCUT2D eigenvalue weighted by atomic mass is 32.2. The van der Waals surface area contributed by atoms with Gasteiger partial charge < -0.3 is 10.0 Å². The molecule has 0 spiro atoms. The maximum atomic E-state index is 12.6. The Hall–Kier alpha value is -1.71. The lowest BCUT2D eigenvalue weighted by Gasteiger charge is -2.35. The third-order valence-electron chi connectivity index (χ3n) is 4.75. The van der Waals surface area contributed by atoms with Gasteiger partial charge in [0.25, 0.3) is 5.69 Å². The number of sulfonamides is 1. The number of nitro groups is 1. The van der Waals surface area contributed by atoms with Crippen LogP contribution in [0.2, 0.25) is 0 Å². The van der Waals surface area contributed by atoms with Gasteiger partial charge in [-0.1, -0.05) is 20.8 Å². The molecule has 2 atom stereocenters. The summed E-state index contributed by atoms with van der Waals surface area (Å²) in [6.07, 6.45) is 0.157. The summed E-state index contributed by atoms with van der Waals surface area (Å²) in [5, 5.41) is 21.6. The van der Waals surface area contributed by atoms with Crippen LogP contribution in [0.5, 0.6) is 0 Å². The quantitative estimate of drug-likeness (QED) is 0.604. The van der Waals surface area contributed by atoms with E-state index in [-0.39, 0.29) is 16.5 Å². The number of nitrogens with zero attached hydrogens (tertiary/aromatic N) is 3. The van der Waals surface area contributed by atoms with Gasteiger partial charge in [-0.15, -0.1) is 0 Å². The second-order valence-corrected chi connectivity index (χ2v) is 8.21. The molecule has 0 bridgehead atoms. The van der Waals surface area contributed by atoms with Crippen LogP contribution in [-0.4, -0.2) is 55.0 Å². The number of β-amino-alcohol motifs (C(OH)–C–C–N with tert-alkyl or cyclic N) is 1. The van der Waals surface area contributed by atoms with Crippen molar-refractivity contribution in [3.8, 4) is 0 Å². The summed E-state index contributed by atoms with van der Waals surface area (Å²) < 4.78 is 26.5. The highest BCUT2D eigenvalue weighted by Gasteiger charge is 2.31. The van der Waals surface area contributed by atoms with E-state index in [9.17, 15) is 23.6 Å². The SMILES string of the molecule is CCN(CC)S(=O)(=O)c1ccc(N2CCC(C)C(O)C2)c([N+](=O)[O-])c1. The second kappa shape index (κ2) is 7.67. The summed E-state index contributed by atoms with van der Waals surface area (Å²) in [6, 6.07) is 3.99.